The van der Waals surface area contributed by atoms with Crippen molar-refractivity contribution in [2.45, 2.75) is 12.1 Å². The van der Waals surface area contributed by atoms with E-state index in [2.05, 4.69) is 10.6 Å². The van der Waals surface area contributed by atoms with Gasteiger partial charge >= 0.3 is 0 Å². The molecule has 2 unspecified atom stereocenters. The zero-order valence-electron chi connectivity index (χ0n) is 6.28. The van der Waals surface area contributed by atoms with Crippen molar-refractivity contribution in [1.82, 2.24) is 10.6 Å². The van der Waals surface area contributed by atoms with E-state index < -0.39 is 12.1 Å². The minimum Gasteiger partial charge on any atom is -0.379 e. The van der Waals surface area contributed by atoms with E-state index in [1.165, 1.54) is 24.6 Å². The third-order valence-electron chi connectivity index (χ3n) is 1.99. The van der Waals surface area contributed by atoms with Crippen molar-refractivity contribution in [3.8, 4) is 0 Å². The standard InChI is InChI=1S/C8H8N2O2/c11-5-1-3-9-8-6(12)2-4-10-7(5)8/h1-4,7-10H. The van der Waals surface area contributed by atoms with Crippen LogP contribution in [0.5, 0.6) is 0 Å². The summed E-state index contributed by atoms with van der Waals surface area (Å²) >= 11 is 0. The first-order valence-corrected chi connectivity index (χ1v) is 3.72. The lowest BCUT2D eigenvalue weighted by atomic mass is 9.95. The van der Waals surface area contributed by atoms with Gasteiger partial charge in [0.05, 0.1) is 0 Å². The summed E-state index contributed by atoms with van der Waals surface area (Å²) in [7, 11) is 0. The maximum atomic E-state index is 11.2. The molecule has 2 aliphatic heterocycles. The zero-order chi connectivity index (χ0) is 8.55. The molecule has 4 heteroatoms. The van der Waals surface area contributed by atoms with Gasteiger partial charge in [0.2, 0.25) is 0 Å². The fraction of sp³-hybridized carbons (Fsp3) is 0.250. The summed E-state index contributed by atoms with van der Waals surface area (Å²) in [5, 5.41) is 5.67. The molecule has 0 aromatic heterocycles. The number of nitrogens with one attached hydrogen (secondary N) is 2. The van der Waals surface area contributed by atoms with Crippen LogP contribution in [-0.2, 0) is 9.59 Å². The van der Waals surface area contributed by atoms with E-state index in [1.54, 1.807) is 0 Å². The van der Waals surface area contributed by atoms with Gasteiger partial charge in [-0.2, -0.15) is 0 Å². The molecule has 4 nitrogen and oxygen atoms in total. The van der Waals surface area contributed by atoms with Gasteiger partial charge in [-0.1, -0.05) is 0 Å². The van der Waals surface area contributed by atoms with E-state index in [9.17, 15) is 9.59 Å². The number of hydrogen-bond acceptors (Lipinski definition) is 4. The summed E-state index contributed by atoms with van der Waals surface area (Å²) in [6.45, 7) is 0. The summed E-state index contributed by atoms with van der Waals surface area (Å²) in [6, 6.07) is -0.847. The van der Waals surface area contributed by atoms with E-state index in [1.807, 2.05) is 0 Å². The largest absolute Gasteiger partial charge is 0.379 e. The second-order valence-corrected chi connectivity index (χ2v) is 2.76. The summed E-state index contributed by atoms with van der Waals surface area (Å²) in [6.07, 6.45) is 5.89. The van der Waals surface area contributed by atoms with E-state index in [0.717, 1.165) is 0 Å². The number of rotatable bonds is 0. The monoisotopic (exact) mass is 164 g/mol. The fourth-order valence-electron chi connectivity index (χ4n) is 1.36. The predicted octanol–water partition coefficient (Wildman–Crippen LogP) is -0.904. The van der Waals surface area contributed by atoms with Crippen LogP contribution in [0.25, 0.3) is 0 Å². The lowest BCUT2D eigenvalue weighted by molar-refractivity contribution is -0.124. The Kier molecular flexibility index (Phi) is 1.46. The van der Waals surface area contributed by atoms with Crippen molar-refractivity contribution >= 4 is 11.6 Å². The quantitative estimate of drug-likeness (QED) is 0.487. The highest BCUT2D eigenvalue weighted by Gasteiger charge is 2.34. The molecule has 2 heterocycles. The lowest BCUT2D eigenvalue weighted by Gasteiger charge is -2.29. The molecule has 0 spiro atoms. The van der Waals surface area contributed by atoms with Crippen LogP contribution in [0.2, 0.25) is 0 Å². The molecule has 0 aromatic rings. The summed E-state index contributed by atoms with van der Waals surface area (Å²) < 4.78 is 0. The first-order valence-electron chi connectivity index (χ1n) is 3.72. The van der Waals surface area contributed by atoms with Crippen LogP contribution < -0.4 is 10.6 Å². The van der Waals surface area contributed by atoms with Crippen molar-refractivity contribution in [2.24, 2.45) is 0 Å². The third kappa shape index (κ3) is 0.922. The predicted molar refractivity (Wildman–Crippen MR) is 42.1 cm³/mol. The van der Waals surface area contributed by atoms with Crippen LogP contribution in [0.3, 0.4) is 0 Å². The molecule has 2 rings (SSSR count). The lowest BCUT2D eigenvalue weighted by Crippen LogP contribution is -2.57. The third-order valence-corrected chi connectivity index (χ3v) is 1.99. The summed E-state index contributed by atoms with van der Waals surface area (Å²) in [5.41, 5.74) is 0. The first-order chi connectivity index (χ1) is 5.79. The second kappa shape index (κ2) is 2.48. The fourth-order valence-corrected chi connectivity index (χ4v) is 1.36. The van der Waals surface area contributed by atoms with Crippen molar-refractivity contribution in [1.29, 1.82) is 0 Å². The van der Waals surface area contributed by atoms with Gasteiger partial charge in [-0.25, -0.2) is 0 Å². The van der Waals surface area contributed by atoms with Crippen LogP contribution in [0, 0.1) is 0 Å². The molecule has 2 N–H and O–H groups in total. The normalized spacial score (nSPS) is 32.3. The molecule has 2 aliphatic rings. The first kappa shape index (κ1) is 7.09. The van der Waals surface area contributed by atoms with Crippen LogP contribution >= 0.6 is 0 Å². The molecular weight excluding hydrogens is 156 g/mol. The molecule has 0 amide bonds. The maximum Gasteiger partial charge on any atom is 0.181 e. The van der Waals surface area contributed by atoms with E-state index >= 15 is 0 Å². The second-order valence-electron chi connectivity index (χ2n) is 2.76. The van der Waals surface area contributed by atoms with E-state index in [4.69, 9.17) is 0 Å². The Morgan fingerprint density at radius 3 is 1.75 bits per heavy atom. The highest BCUT2D eigenvalue weighted by molar-refractivity contribution is 6.05. The smallest absolute Gasteiger partial charge is 0.181 e. The average Bonchev–Trinajstić information content (AvgIpc) is 2.07. The minimum absolute atomic E-state index is 0.0588. The molecule has 2 atom stereocenters. The highest BCUT2D eigenvalue weighted by atomic mass is 16.1. The van der Waals surface area contributed by atoms with Crippen LogP contribution in [0.1, 0.15) is 0 Å². The maximum absolute atomic E-state index is 11.2. The van der Waals surface area contributed by atoms with Gasteiger partial charge in [0, 0.05) is 12.4 Å². The molecule has 0 aliphatic carbocycles. The molecule has 12 heavy (non-hydrogen) atoms. The summed E-state index contributed by atoms with van der Waals surface area (Å²) in [5.74, 6) is -0.118. The Balaban J connectivity index is 2.31. The topological polar surface area (TPSA) is 58.2 Å². The van der Waals surface area contributed by atoms with Crippen LogP contribution in [-0.4, -0.2) is 23.7 Å². The van der Waals surface area contributed by atoms with Gasteiger partial charge in [0.1, 0.15) is 12.1 Å². The van der Waals surface area contributed by atoms with Crippen molar-refractivity contribution in [3.05, 3.63) is 24.6 Å². The molecule has 0 radical (unpaired) electrons. The molecule has 0 fully saturated rings. The Hall–Kier alpha value is -1.58. The number of carbonyl (C=O) groups is 2. The van der Waals surface area contributed by atoms with Gasteiger partial charge in [-0.05, 0) is 12.2 Å². The highest BCUT2D eigenvalue weighted by Crippen LogP contribution is 2.08. The molecule has 0 saturated carbocycles. The van der Waals surface area contributed by atoms with Gasteiger partial charge in [0.25, 0.3) is 0 Å². The van der Waals surface area contributed by atoms with E-state index in [-0.39, 0.29) is 11.6 Å². The van der Waals surface area contributed by atoms with Crippen LogP contribution in [0.15, 0.2) is 24.6 Å². The van der Waals surface area contributed by atoms with Crippen molar-refractivity contribution in [2.75, 3.05) is 0 Å². The number of carbonyl (C=O) groups excluding carboxylic acids is 2. The molecular formula is C8H8N2O2. The number of ketones is 2. The number of fused-ring (bicyclic) bond motifs is 1. The number of hydrogen-bond donors (Lipinski definition) is 2. The SMILES string of the molecule is O=C1C=CNC2C(=O)C=CNC12. The van der Waals surface area contributed by atoms with E-state index in [0.29, 0.717) is 0 Å². The van der Waals surface area contributed by atoms with Gasteiger partial charge in [-0.3, -0.25) is 9.59 Å². The van der Waals surface area contributed by atoms with Crippen molar-refractivity contribution in [3.63, 3.8) is 0 Å². The van der Waals surface area contributed by atoms with Gasteiger partial charge in [-0.15, -0.1) is 0 Å². The Labute approximate surface area is 69.3 Å². The molecule has 0 bridgehead atoms. The summed E-state index contributed by atoms with van der Waals surface area (Å²) in [4.78, 5) is 22.4. The van der Waals surface area contributed by atoms with Gasteiger partial charge < -0.3 is 10.6 Å². The molecule has 0 saturated heterocycles. The zero-order valence-corrected chi connectivity index (χ0v) is 6.28. The Morgan fingerprint density at radius 2 is 1.33 bits per heavy atom. The molecule has 0 aromatic carbocycles. The minimum atomic E-state index is -0.424. The molecule has 62 valence electrons. The Bertz CT molecular complexity index is 263. The Morgan fingerprint density at radius 1 is 0.917 bits per heavy atom. The van der Waals surface area contributed by atoms with Crippen LogP contribution in [0.4, 0.5) is 0 Å². The van der Waals surface area contributed by atoms with Crippen molar-refractivity contribution < 1.29 is 9.59 Å². The average molecular weight is 164 g/mol. The van der Waals surface area contributed by atoms with Gasteiger partial charge in [0.15, 0.2) is 11.6 Å².